The maximum atomic E-state index is 13.6. The molecule has 1 aliphatic rings. The van der Waals surface area contributed by atoms with Crippen LogP contribution in [0.1, 0.15) is 32.3 Å². The summed E-state index contributed by atoms with van der Waals surface area (Å²) in [5.41, 5.74) is 0.713. The maximum absolute atomic E-state index is 13.6. The number of unbranched alkanes of at least 4 members (excludes halogenated alkanes) is 1. The SMILES string of the molecule is CC1CN(CCCCNCc2cc(Br)ccc2F)CC(C)O1. The molecule has 0 aromatic heterocycles. The van der Waals surface area contributed by atoms with Crippen LogP contribution in [0, 0.1) is 5.82 Å². The molecule has 0 aliphatic carbocycles. The van der Waals surface area contributed by atoms with Gasteiger partial charge in [0, 0.05) is 29.7 Å². The Morgan fingerprint density at radius 1 is 1.27 bits per heavy atom. The molecule has 22 heavy (non-hydrogen) atoms. The summed E-state index contributed by atoms with van der Waals surface area (Å²) >= 11 is 3.37. The summed E-state index contributed by atoms with van der Waals surface area (Å²) in [7, 11) is 0. The highest BCUT2D eigenvalue weighted by Gasteiger charge is 2.21. The average molecular weight is 373 g/mol. The monoisotopic (exact) mass is 372 g/mol. The molecule has 0 amide bonds. The van der Waals surface area contributed by atoms with Gasteiger partial charge in [0.2, 0.25) is 0 Å². The van der Waals surface area contributed by atoms with Gasteiger partial charge in [0.25, 0.3) is 0 Å². The van der Waals surface area contributed by atoms with Gasteiger partial charge >= 0.3 is 0 Å². The molecule has 0 bridgehead atoms. The van der Waals surface area contributed by atoms with E-state index >= 15 is 0 Å². The number of benzene rings is 1. The number of morpholine rings is 1. The highest BCUT2D eigenvalue weighted by atomic mass is 79.9. The second-order valence-corrected chi connectivity index (χ2v) is 7.05. The molecular formula is C17H26BrFN2O. The predicted molar refractivity (Wildman–Crippen MR) is 91.5 cm³/mol. The number of hydrogen-bond donors (Lipinski definition) is 1. The van der Waals surface area contributed by atoms with Crippen molar-refractivity contribution in [3.63, 3.8) is 0 Å². The molecule has 1 aromatic carbocycles. The largest absolute Gasteiger partial charge is 0.373 e. The Kier molecular flexibility index (Phi) is 7.28. The van der Waals surface area contributed by atoms with Crippen molar-refractivity contribution in [2.24, 2.45) is 0 Å². The molecule has 1 N–H and O–H groups in total. The Morgan fingerprint density at radius 2 is 2.00 bits per heavy atom. The van der Waals surface area contributed by atoms with E-state index in [0.29, 0.717) is 24.3 Å². The van der Waals surface area contributed by atoms with Crippen molar-refractivity contribution >= 4 is 15.9 Å². The zero-order valence-electron chi connectivity index (χ0n) is 13.4. The Bertz CT molecular complexity index is 462. The molecule has 3 nitrogen and oxygen atoms in total. The van der Waals surface area contributed by atoms with Crippen LogP contribution in [0.15, 0.2) is 22.7 Å². The fourth-order valence-corrected chi connectivity index (χ4v) is 3.36. The minimum atomic E-state index is -0.146. The molecule has 5 heteroatoms. The first-order valence-corrected chi connectivity index (χ1v) is 8.86. The maximum Gasteiger partial charge on any atom is 0.127 e. The first kappa shape index (κ1) is 17.9. The second-order valence-electron chi connectivity index (χ2n) is 6.14. The average Bonchev–Trinajstić information content (AvgIpc) is 2.45. The van der Waals surface area contributed by atoms with Gasteiger partial charge in [0.05, 0.1) is 12.2 Å². The number of rotatable bonds is 7. The minimum absolute atomic E-state index is 0.146. The van der Waals surface area contributed by atoms with Crippen molar-refractivity contribution in [1.82, 2.24) is 10.2 Å². The van der Waals surface area contributed by atoms with Crippen LogP contribution in [0.3, 0.4) is 0 Å². The number of nitrogens with zero attached hydrogens (tertiary/aromatic N) is 1. The van der Waals surface area contributed by atoms with Gasteiger partial charge in [-0.15, -0.1) is 0 Å². The van der Waals surface area contributed by atoms with Crippen molar-refractivity contribution in [3.05, 3.63) is 34.1 Å². The van der Waals surface area contributed by atoms with Gasteiger partial charge in [0.15, 0.2) is 0 Å². The Balaban J connectivity index is 1.58. The van der Waals surface area contributed by atoms with Crippen molar-refractivity contribution < 1.29 is 9.13 Å². The molecule has 2 unspecified atom stereocenters. The zero-order valence-corrected chi connectivity index (χ0v) is 15.0. The lowest BCUT2D eigenvalue weighted by atomic mass is 10.2. The van der Waals surface area contributed by atoms with Gasteiger partial charge < -0.3 is 10.1 Å². The van der Waals surface area contributed by atoms with Gasteiger partial charge in [0.1, 0.15) is 5.82 Å². The Morgan fingerprint density at radius 3 is 2.73 bits per heavy atom. The third-order valence-corrected chi connectivity index (χ3v) is 4.39. The van der Waals surface area contributed by atoms with Crippen LogP contribution in [0.25, 0.3) is 0 Å². The molecule has 1 saturated heterocycles. The van der Waals surface area contributed by atoms with E-state index in [1.54, 1.807) is 6.07 Å². The molecule has 0 spiro atoms. The highest BCUT2D eigenvalue weighted by molar-refractivity contribution is 9.10. The van der Waals surface area contributed by atoms with Gasteiger partial charge in [-0.1, -0.05) is 15.9 Å². The van der Waals surface area contributed by atoms with E-state index in [4.69, 9.17) is 4.74 Å². The molecule has 0 saturated carbocycles. The fraction of sp³-hybridized carbons (Fsp3) is 0.647. The van der Waals surface area contributed by atoms with Crippen LogP contribution >= 0.6 is 15.9 Å². The number of hydrogen-bond acceptors (Lipinski definition) is 3. The van der Waals surface area contributed by atoms with E-state index in [1.807, 2.05) is 6.07 Å². The lowest BCUT2D eigenvalue weighted by molar-refractivity contribution is -0.0681. The van der Waals surface area contributed by atoms with Crippen LogP contribution < -0.4 is 5.32 Å². The van der Waals surface area contributed by atoms with Gasteiger partial charge in [-0.2, -0.15) is 0 Å². The van der Waals surface area contributed by atoms with Crippen molar-refractivity contribution in [2.45, 2.75) is 45.4 Å². The molecule has 1 aromatic rings. The molecule has 2 atom stereocenters. The molecule has 0 radical (unpaired) electrons. The molecule has 1 aliphatic heterocycles. The van der Waals surface area contributed by atoms with E-state index in [1.165, 1.54) is 6.07 Å². The van der Waals surface area contributed by atoms with Crippen LogP contribution in [0.5, 0.6) is 0 Å². The summed E-state index contributed by atoms with van der Waals surface area (Å²) in [6, 6.07) is 5.06. The lowest BCUT2D eigenvalue weighted by Crippen LogP contribution is -2.45. The van der Waals surface area contributed by atoms with Gasteiger partial charge in [-0.3, -0.25) is 4.90 Å². The van der Waals surface area contributed by atoms with Gasteiger partial charge in [-0.05, 0) is 58.0 Å². The smallest absolute Gasteiger partial charge is 0.127 e. The molecule has 2 rings (SSSR count). The van der Waals surface area contributed by atoms with Crippen LogP contribution in [-0.4, -0.2) is 43.3 Å². The quantitative estimate of drug-likeness (QED) is 0.740. The third kappa shape index (κ3) is 5.95. The molecular weight excluding hydrogens is 347 g/mol. The number of ether oxygens (including phenoxy) is 1. The molecule has 1 heterocycles. The number of halogens is 2. The van der Waals surface area contributed by atoms with E-state index in [-0.39, 0.29) is 5.82 Å². The summed E-state index contributed by atoms with van der Waals surface area (Å²) in [6.07, 6.45) is 2.94. The van der Waals surface area contributed by atoms with E-state index in [9.17, 15) is 4.39 Å². The lowest BCUT2D eigenvalue weighted by Gasteiger charge is -2.35. The van der Waals surface area contributed by atoms with Crippen LogP contribution in [0.2, 0.25) is 0 Å². The van der Waals surface area contributed by atoms with E-state index in [0.717, 1.165) is 43.5 Å². The standard InChI is InChI=1S/C17H26BrFN2O/c1-13-11-21(12-14(2)22-13)8-4-3-7-20-10-15-9-16(18)5-6-17(15)19/h5-6,9,13-14,20H,3-4,7-8,10-12H2,1-2H3. The Hall–Kier alpha value is -0.490. The topological polar surface area (TPSA) is 24.5 Å². The van der Waals surface area contributed by atoms with Crippen molar-refractivity contribution in [2.75, 3.05) is 26.2 Å². The van der Waals surface area contributed by atoms with E-state index < -0.39 is 0 Å². The Labute approximate surface area is 141 Å². The fourth-order valence-electron chi connectivity index (χ4n) is 2.95. The summed E-state index contributed by atoms with van der Waals surface area (Å²) < 4.78 is 20.2. The number of nitrogens with one attached hydrogen (secondary N) is 1. The third-order valence-electron chi connectivity index (χ3n) is 3.90. The van der Waals surface area contributed by atoms with Crippen molar-refractivity contribution in [1.29, 1.82) is 0 Å². The minimum Gasteiger partial charge on any atom is -0.373 e. The highest BCUT2D eigenvalue weighted by Crippen LogP contribution is 2.15. The summed E-state index contributed by atoms with van der Waals surface area (Å²) in [5, 5.41) is 3.32. The van der Waals surface area contributed by atoms with Crippen LogP contribution in [0.4, 0.5) is 4.39 Å². The summed E-state index contributed by atoms with van der Waals surface area (Å²) in [4.78, 5) is 2.48. The molecule has 1 fully saturated rings. The first-order chi connectivity index (χ1) is 10.5. The van der Waals surface area contributed by atoms with Crippen molar-refractivity contribution in [3.8, 4) is 0 Å². The predicted octanol–water partition coefficient (Wildman–Crippen LogP) is 3.57. The van der Waals surface area contributed by atoms with Gasteiger partial charge in [-0.25, -0.2) is 4.39 Å². The molecule has 124 valence electrons. The van der Waals surface area contributed by atoms with Crippen LogP contribution in [-0.2, 0) is 11.3 Å². The normalized spacial score (nSPS) is 22.9. The first-order valence-electron chi connectivity index (χ1n) is 8.07. The zero-order chi connectivity index (χ0) is 15.9. The summed E-state index contributed by atoms with van der Waals surface area (Å²) in [6.45, 7) is 8.94. The van der Waals surface area contributed by atoms with E-state index in [2.05, 4.69) is 40.0 Å². The second kappa shape index (κ2) is 8.96. The summed E-state index contributed by atoms with van der Waals surface area (Å²) in [5.74, 6) is -0.146.